The quantitative estimate of drug-likeness (QED) is 0.370. The number of rotatable bonds is 7. The molecule has 178 valence electrons. The van der Waals surface area contributed by atoms with Gasteiger partial charge in [-0.05, 0) is 29.3 Å². The molecule has 2 amide bonds. The van der Waals surface area contributed by atoms with E-state index in [9.17, 15) is 9.59 Å². The minimum Gasteiger partial charge on any atom is -0.493 e. The molecule has 7 nitrogen and oxygen atoms in total. The van der Waals surface area contributed by atoms with Gasteiger partial charge < -0.3 is 25.1 Å². The summed E-state index contributed by atoms with van der Waals surface area (Å²) in [5.74, 6) is 0.148. The molecule has 0 fully saturated rings. The van der Waals surface area contributed by atoms with Crippen LogP contribution in [0.5, 0.6) is 11.5 Å². The molecular formula is C28H27N3O4. The third kappa shape index (κ3) is 4.21. The Morgan fingerprint density at radius 2 is 1.80 bits per heavy atom. The van der Waals surface area contributed by atoms with Crippen LogP contribution in [0.2, 0.25) is 0 Å². The van der Waals surface area contributed by atoms with Crippen molar-refractivity contribution in [2.75, 3.05) is 26.1 Å². The van der Waals surface area contributed by atoms with Crippen LogP contribution in [0.3, 0.4) is 0 Å². The van der Waals surface area contributed by atoms with Crippen LogP contribution >= 0.6 is 0 Å². The van der Waals surface area contributed by atoms with Gasteiger partial charge in [-0.15, -0.1) is 0 Å². The molecule has 0 aliphatic carbocycles. The van der Waals surface area contributed by atoms with Gasteiger partial charge in [-0.25, -0.2) is 0 Å². The van der Waals surface area contributed by atoms with Crippen molar-refractivity contribution in [2.45, 2.75) is 18.3 Å². The predicted molar refractivity (Wildman–Crippen MR) is 135 cm³/mol. The number of hydrogen-bond acceptors (Lipinski definition) is 4. The second kappa shape index (κ2) is 9.54. The monoisotopic (exact) mass is 469 g/mol. The largest absolute Gasteiger partial charge is 0.493 e. The van der Waals surface area contributed by atoms with E-state index in [1.54, 1.807) is 14.2 Å². The average molecular weight is 470 g/mol. The first-order chi connectivity index (χ1) is 17.1. The topological polar surface area (TPSA) is 92.5 Å². The maximum absolute atomic E-state index is 13.4. The predicted octanol–water partition coefficient (Wildman–Crippen LogP) is 4.56. The number of methoxy groups -OCH3 is 2. The first-order valence-electron chi connectivity index (χ1n) is 11.5. The molecule has 0 bridgehead atoms. The number of anilines is 1. The number of aromatic nitrogens is 1. The molecule has 0 saturated heterocycles. The van der Waals surface area contributed by atoms with Crippen LogP contribution in [0, 0.1) is 0 Å². The van der Waals surface area contributed by atoms with Crippen molar-refractivity contribution < 1.29 is 19.1 Å². The lowest BCUT2D eigenvalue weighted by molar-refractivity contribution is -0.126. The normalized spacial score (nSPS) is 15.7. The molecule has 1 aliphatic rings. The number of carbonyl (C=O) groups excluding carboxylic acids is 2. The minimum absolute atomic E-state index is 0.114. The zero-order valence-electron chi connectivity index (χ0n) is 19.6. The van der Waals surface area contributed by atoms with Crippen LogP contribution in [0.15, 0.2) is 72.9 Å². The van der Waals surface area contributed by atoms with Crippen molar-refractivity contribution in [3.8, 4) is 11.5 Å². The molecular weight excluding hydrogens is 442 g/mol. The number of H-pyrrole nitrogens is 1. The zero-order valence-corrected chi connectivity index (χ0v) is 19.6. The van der Waals surface area contributed by atoms with Gasteiger partial charge >= 0.3 is 0 Å². The number of ether oxygens (including phenoxy) is 2. The summed E-state index contributed by atoms with van der Waals surface area (Å²) in [7, 11) is 3.22. The van der Waals surface area contributed by atoms with Crippen LogP contribution in [0.1, 0.15) is 34.9 Å². The van der Waals surface area contributed by atoms with Crippen LogP contribution in [-0.4, -0.2) is 37.6 Å². The SMILES string of the molecule is COc1cccc(C(CNC(=O)C2CC(=O)Nc3ccccc32)c2c[nH]c3ccccc23)c1OC. The highest BCUT2D eigenvalue weighted by Gasteiger charge is 2.31. The Bertz CT molecular complexity index is 1390. The highest BCUT2D eigenvalue weighted by molar-refractivity contribution is 6.01. The van der Waals surface area contributed by atoms with Crippen molar-refractivity contribution >= 4 is 28.4 Å². The van der Waals surface area contributed by atoms with Gasteiger partial charge in [0.25, 0.3) is 0 Å². The van der Waals surface area contributed by atoms with Gasteiger partial charge in [0.1, 0.15) is 0 Å². The number of nitrogens with one attached hydrogen (secondary N) is 3. The van der Waals surface area contributed by atoms with Gasteiger partial charge in [-0.3, -0.25) is 9.59 Å². The van der Waals surface area contributed by atoms with Crippen molar-refractivity contribution in [3.63, 3.8) is 0 Å². The van der Waals surface area contributed by atoms with Gasteiger partial charge in [-0.2, -0.15) is 0 Å². The molecule has 2 atom stereocenters. The molecule has 4 aromatic rings. The van der Waals surface area contributed by atoms with Gasteiger partial charge in [0, 0.05) is 47.2 Å². The Kier molecular flexibility index (Phi) is 6.14. The van der Waals surface area contributed by atoms with Crippen molar-refractivity contribution in [1.29, 1.82) is 0 Å². The van der Waals surface area contributed by atoms with Gasteiger partial charge in [-0.1, -0.05) is 48.5 Å². The van der Waals surface area contributed by atoms with Gasteiger partial charge in [0.2, 0.25) is 11.8 Å². The van der Waals surface area contributed by atoms with E-state index in [4.69, 9.17) is 9.47 Å². The van der Waals surface area contributed by atoms with Crippen molar-refractivity contribution in [3.05, 3.63) is 89.6 Å². The maximum atomic E-state index is 13.4. The summed E-state index contributed by atoms with van der Waals surface area (Å²) < 4.78 is 11.3. The number of para-hydroxylation sites is 3. The van der Waals surface area contributed by atoms with Crippen LogP contribution in [0.25, 0.3) is 10.9 Å². The molecule has 35 heavy (non-hydrogen) atoms. The van der Waals surface area contributed by atoms with E-state index in [1.807, 2.05) is 66.9 Å². The van der Waals surface area contributed by atoms with Crippen LogP contribution in [-0.2, 0) is 9.59 Å². The zero-order chi connectivity index (χ0) is 24.4. The lowest BCUT2D eigenvalue weighted by Gasteiger charge is -2.26. The molecule has 7 heteroatoms. The summed E-state index contributed by atoms with van der Waals surface area (Å²) in [6.07, 6.45) is 2.09. The lowest BCUT2D eigenvalue weighted by atomic mass is 9.88. The van der Waals surface area contributed by atoms with Crippen molar-refractivity contribution in [2.24, 2.45) is 0 Å². The second-order valence-corrected chi connectivity index (χ2v) is 8.56. The third-order valence-corrected chi connectivity index (χ3v) is 6.60. The Labute approximate surface area is 203 Å². The molecule has 1 aliphatic heterocycles. The number of benzene rings is 3. The maximum Gasteiger partial charge on any atom is 0.228 e. The molecule has 0 radical (unpaired) electrons. The minimum atomic E-state index is -0.546. The Hall–Kier alpha value is -4.26. The van der Waals surface area contributed by atoms with Gasteiger partial charge in [0.15, 0.2) is 11.5 Å². The summed E-state index contributed by atoms with van der Waals surface area (Å²) in [4.78, 5) is 29.0. The number of carbonyl (C=O) groups is 2. The van der Waals surface area contributed by atoms with E-state index in [2.05, 4.69) is 21.7 Å². The number of hydrogen-bond donors (Lipinski definition) is 3. The standard InChI is InChI=1S/C28H27N3O4/c1-34-25-13-7-10-19(27(25)35-2)22(21-15-29-23-11-5-3-9-18(21)23)16-30-28(33)20-14-26(32)31-24-12-6-4-8-17(20)24/h3-13,15,20,22,29H,14,16H2,1-2H3,(H,30,33)(H,31,32). The summed E-state index contributed by atoms with van der Waals surface area (Å²) in [6, 6.07) is 21.3. The van der Waals surface area contributed by atoms with E-state index in [1.165, 1.54) is 0 Å². The Balaban J connectivity index is 1.51. The number of aromatic amines is 1. The molecule has 0 spiro atoms. The molecule has 1 aromatic heterocycles. The number of fused-ring (bicyclic) bond motifs is 2. The lowest BCUT2D eigenvalue weighted by Crippen LogP contribution is -2.37. The summed E-state index contributed by atoms with van der Waals surface area (Å²) in [5.41, 5.74) is 4.46. The van der Waals surface area contributed by atoms with Gasteiger partial charge in [0.05, 0.1) is 20.1 Å². The first kappa shape index (κ1) is 22.5. The fraction of sp³-hybridized carbons (Fsp3) is 0.214. The summed E-state index contributed by atoms with van der Waals surface area (Å²) in [5, 5.41) is 7.05. The van der Waals surface area contributed by atoms with E-state index in [-0.39, 0.29) is 24.2 Å². The molecule has 5 rings (SSSR count). The van der Waals surface area contributed by atoms with E-state index in [0.717, 1.165) is 27.6 Å². The number of amides is 2. The van der Waals surface area contributed by atoms with Crippen LogP contribution in [0.4, 0.5) is 5.69 Å². The van der Waals surface area contributed by atoms with E-state index >= 15 is 0 Å². The van der Waals surface area contributed by atoms with Crippen LogP contribution < -0.4 is 20.1 Å². The van der Waals surface area contributed by atoms with E-state index < -0.39 is 5.92 Å². The molecule has 0 saturated carbocycles. The molecule has 2 heterocycles. The molecule has 3 aromatic carbocycles. The third-order valence-electron chi connectivity index (χ3n) is 6.60. The smallest absolute Gasteiger partial charge is 0.228 e. The highest BCUT2D eigenvalue weighted by Crippen LogP contribution is 2.40. The highest BCUT2D eigenvalue weighted by atomic mass is 16.5. The fourth-order valence-electron chi connectivity index (χ4n) is 4.93. The van der Waals surface area contributed by atoms with Crippen molar-refractivity contribution in [1.82, 2.24) is 10.3 Å². The molecule has 2 unspecified atom stereocenters. The second-order valence-electron chi connectivity index (χ2n) is 8.56. The Morgan fingerprint density at radius 3 is 2.63 bits per heavy atom. The summed E-state index contributed by atoms with van der Waals surface area (Å²) in [6.45, 7) is 0.324. The average Bonchev–Trinajstić information content (AvgIpc) is 3.32. The Morgan fingerprint density at radius 1 is 1.00 bits per heavy atom. The summed E-state index contributed by atoms with van der Waals surface area (Å²) >= 11 is 0. The first-order valence-corrected chi connectivity index (χ1v) is 11.5. The molecule has 3 N–H and O–H groups in total. The fourth-order valence-corrected chi connectivity index (χ4v) is 4.93. The van der Waals surface area contributed by atoms with E-state index in [0.29, 0.717) is 23.7 Å².